The lowest BCUT2D eigenvalue weighted by molar-refractivity contribution is 0.130. The van der Waals surface area contributed by atoms with Gasteiger partial charge in [0.2, 0.25) is 0 Å². The monoisotopic (exact) mass is 386 g/mol. The average molecular weight is 387 g/mol. The van der Waals surface area contributed by atoms with Crippen LogP contribution in [-0.4, -0.2) is 16.6 Å². The van der Waals surface area contributed by atoms with Crippen molar-refractivity contribution >= 4 is 22.4 Å². The molecule has 1 fully saturated rings. The highest BCUT2D eigenvalue weighted by Crippen LogP contribution is 2.37. The van der Waals surface area contributed by atoms with Gasteiger partial charge in [0.05, 0.1) is 11.1 Å². The van der Waals surface area contributed by atoms with E-state index in [2.05, 4.69) is 30.1 Å². The lowest BCUT2D eigenvalue weighted by Gasteiger charge is -2.38. The molecule has 1 aromatic heterocycles. The lowest BCUT2D eigenvalue weighted by atomic mass is 9.75. The van der Waals surface area contributed by atoms with Crippen LogP contribution in [0.2, 0.25) is 5.02 Å². The van der Waals surface area contributed by atoms with E-state index in [1.165, 1.54) is 5.57 Å². The Morgan fingerprint density at radius 2 is 2.15 bits per heavy atom. The Labute approximate surface area is 165 Å². The van der Waals surface area contributed by atoms with E-state index in [0.29, 0.717) is 16.2 Å². The SMILES string of the molecule is C/C=C(\C=C/CC)C1(N)CCC(Oc2cc3cc[nH]c(=O)c3cc2Cl)CC1. The van der Waals surface area contributed by atoms with E-state index in [1.54, 1.807) is 12.3 Å². The second-order valence-corrected chi connectivity index (χ2v) is 7.61. The normalized spacial score (nSPS) is 23.9. The lowest BCUT2D eigenvalue weighted by Crippen LogP contribution is -2.46. The second kappa shape index (κ2) is 8.32. The zero-order chi connectivity index (χ0) is 19.4. The van der Waals surface area contributed by atoms with Crippen LogP contribution in [0.15, 0.2) is 53.0 Å². The van der Waals surface area contributed by atoms with Gasteiger partial charge in [0, 0.05) is 17.1 Å². The molecule has 2 aromatic rings. The fraction of sp³-hybridized carbons (Fsp3) is 0.409. The average Bonchev–Trinajstić information content (AvgIpc) is 2.66. The Balaban J connectivity index is 1.72. The number of pyridine rings is 1. The molecule has 1 aliphatic rings. The van der Waals surface area contributed by atoms with Gasteiger partial charge in [0.1, 0.15) is 5.75 Å². The number of nitrogens with two attached hydrogens (primary N) is 1. The number of nitrogens with one attached hydrogen (secondary N) is 1. The highest BCUT2D eigenvalue weighted by atomic mass is 35.5. The zero-order valence-electron chi connectivity index (χ0n) is 15.9. The summed E-state index contributed by atoms with van der Waals surface area (Å²) >= 11 is 6.36. The van der Waals surface area contributed by atoms with Gasteiger partial charge in [-0.2, -0.15) is 0 Å². The van der Waals surface area contributed by atoms with E-state index >= 15 is 0 Å². The number of benzene rings is 1. The van der Waals surface area contributed by atoms with Gasteiger partial charge in [0.25, 0.3) is 5.56 Å². The summed E-state index contributed by atoms with van der Waals surface area (Å²) in [5.41, 5.74) is 7.45. The largest absolute Gasteiger partial charge is 0.489 e. The molecule has 1 heterocycles. The smallest absolute Gasteiger partial charge is 0.255 e. The van der Waals surface area contributed by atoms with Crippen LogP contribution in [-0.2, 0) is 0 Å². The number of hydrogen-bond donors (Lipinski definition) is 2. The van der Waals surface area contributed by atoms with Crippen molar-refractivity contribution < 1.29 is 4.74 Å². The predicted molar refractivity (Wildman–Crippen MR) is 113 cm³/mol. The van der Waals surface area contributed by atoms with Gasteiger partial charge in [0.15, 0.2) is 0 Å². The van der Waals surface area contributed by atoms with Gasteiger partial charge in [-0.05, 0) is 68.2 Å². The van der Waals surface area contributed by atoms with E-state index < -0.39 is 0 Å². The summed E-state index contributed by atoms with van der Waals surface area (Å²) in [6.45, 7) is 4.17. The Morgan fingerprint density at radius 1 is 1.41 bits per heavy atom. The first kappa shape index (κ1) is 19.7. The fourth-order valence-electron chi connectivity index (χ4n) is 3.77. The van der Waals surface area contributed by atoms with Gasteiger partial charge in [-0.1, -0.05) is 36.8 Å². The Kier molecular flexibility index (Phi) is 6.08. The minimum absolute atomic E-state index is 0.0758. The standard InChI is InChI=1S/C22H27ClN2O2/c1-3-5-6-16(4-2)22(24)10-7-17(8-11-22)27-20-13-15-9-12-25-21(26)18(15)14-19(20)23/h4-6,9,12-14,17H,3,7-8,10-11,24H2,1-2H3,(H,25,26)/b6-5-,16-4+. The van der Waals surface area contributed by atoms with E-state index in [9.17, 15) is 4.79 Å². The van der Waals surface area contributed by atoms with Crippen LogP contribution in [0.5, 0.6) is 5.75 Å². The van der Waals surface area contributed by atoms with Crippen molar-refractivity contribution in [3.8, 4) is 5.75 Å². The number of H-pyrrole nitrogens is 1. The third-order valence-corrected chi connectivity index (χ3v) is 5.66. The molecule has 0 atom stereocenters. The van der Waals surface area contributed by atoms with Crippen LogP contribution in [0.3, 0.4) is 0 Å². The molecule has 0 aliphatic heterocycles. The minimum Gasteiger partial charge on any atom is -0.489 e. The molecule has 4 nitrogen and oxygen atoms in total. The molecule has 5 heteroatoms. The van der Waals surface area contributed by atoms with Gasteiger partial charge < -0.3 is 15.5 Å². The van der Waals surface area contributed by atoms with E-state index in [0.717, 1.165) is 37.5 Å². The third-order valence-electron chi connectivity index (χ3n) is 5.36. The summed E-state index contributed by atoms with van der Waals surface area (Å²) in [4.78, 5) is 14.6. The molecule has 0 spiro atoms. The summed E-state index contributed by atoms with van der Waals surface area (Å²) < 4.78 is 6.18. The van der Waals surface area contributed by atoms with Crippen molar-refractivity contribution in [1.29, 1.82) is 0 Å². The Hall–Kier alpha value is -2.04. The molecule has 0 amide bonds. The highest BCUT2D eigenvalue weighted by Gasteiger charge is 2.34. The summed E-state index contributed by atoms with van der Waals surface area (Å²) in [6.07, 6.45) is 12.6. The number of halogens is 1. The molecule has 1 aromatic carbocycles. The number of aromatic amines is 1. The number of ether oxygens (including phenoxy) is 1. The first-order chi connectivity index (χ1) is 13.0. The van der Waals surface area contributed by atoms with Crippen molar-refractivity contribution in [2.75, 3.05) is 0 Å². The predicted octanol–water partition coefficient (Wildman–Crippen LogP) is 5.11. The zero-order valence-corrected chi connectivity index (χ0v) is 16.7. The van der Waals surface area contributed by atoms with Crippen LogP contribution < -0.4 is 16.0 Å². The summed E-state index contributed by atoms with van der Waals surface area (Å²) in [5.74, 6) is 0.626. The number of hydrogen-bond acceptors (Lipinski definition) is 3. The molecule has 3 N–H and O–H groups in total. The molecular formula is C22H27ClN2O2. The van der Waals surface area contributed by atoms with E-state index in [4.69, 9.17) is 22.1 Å². The van der Waals surface area contributed by atoms with Gasteiger partial charge in [-0.3, -0.25) is 4.79 Å². The molecule has 0 radical (unpaired) electrons. The van der Waals surface area contributed by atoms with Crippen LogP contribution >= 0.6 is 11.6 Å². The first-order valence-corrected chi connectivity index (χ1v) is 9.94. The molecule has 144 valence electrons. The quantitative estimate of drug-likeness (QED) is 0.701. The topological polar surface area (TPSA) is 68.1 Å². The van der Waals surface area contributed by atoms with Crippen molar-refractivity contribution in [3.63, 3.8) is 0 Å². The Bertz CT molecular complexity index is 922. The molecule has 0 unspecified atom stereocenters. The van der Waals surface area contributed by atoms with Crippen LogP contribution in [0, 0.1) is 0 Å². The molecule has 27 heavy (non-hydrogen) atoms. The van der Waals surface area contributed by atoms with E-state index in [1.807, 2.05) is 19.1 Å². The Morgan fingerprint density at radius 3 is 2.81 bits per heavy atom. The number of allylic oxidation sites excluding steroid dienone is 2. The number of rotatable bonds is 5. The second-order valence-electron chi connectivity index (χ2n) is 7.20. The molecule has 3 rings (SSSR count). The molecule has 0 saturated heterocycles. The molecule has 0 bridgehead atoms. The number of fused-ring (bicyclic) bond motifs is 1. The summed E-state index contributed by atoms with van der Waals surface area (Å²) in [6, 6.07) is 5.37. The maximum Gasteiger partial charge on any atom is 0.255 e. The van der Waals surface area contributed by atoms with Gasteiger partial charge in [-0.25, -0.2) is 0 Å². The van der Waals surface area contributed by atoms with Crippen molar-refractivity contribution in [3.05, 3.63) is 63.6 Å². The molecule has 1 aliphatic carbocycles. The van der Waals surface area contributed by atoms with Crippen LogP contribution in [0.25, 0.3) is 10.8 Å². The molecule has 1 saturated carbocycles. The fourth-order valence-corrected chi connectivity index (χ4v) is 3.97. The maximum absolute atomic E-state index is 11.9. The highest BCUT2D eigenvalue weighted by molar-refractivity contribution is 6.32. The van der Waals surface area contributed by atoms with Crippen molar-refractivity contribution in [2.45, 2.75) is 57.6 Å². The van der Waals surface area contributed by atoms with Crippen molar-refractivity contribution in [2.24, 2.45) is 5.73 Å². The van der Waals surface area contributed by atoms with Gasteiger partial charge in [-0.15, -0.1) is 0 Å². The van der Waals surface area contributed by atoms with Crippen LogP contribution in [0.1, 0.15) is 46.0 Å². The minimum atomic E-state index is -0.291. The number of aromatic nitrogens is 1. The summed E-state index contributed by atoms with van der Waals surface area (Å²) in [5, 5.41) is 1.85. The first-order valence-electron chi connectivity index (χ1n) is 9.56. The third kappa shape index (κ3) is 4.28. The van der Waals surface area contributed by atoms with Crippen molar-refractivity contribution in [1.82, 2.24) is 4.98 Å². The van der Waals surface area contributed by atoms with Gasteiger partial charge >= 0.3 is 0 Å². The van der Waals surface area contributed by atoms with E-state index in [-0.39, 0.29) is 17.2 Å². The summed E-state index contributed by atoms with van der Waals surface area (Å²) in [7, 11) is 0. The van der Waals surface area contributed by atoms with Crippen LogP contribution in [0.4, 0.5) is 0 Å². The molecular weight excluding hydrogens is 360 g/mol. The maximum atomic E-state index is 11.9.